The third kappa shape index (κ3) is 4.36. The molecule has 2 rings (SSSR count). The van der Waals surface area contributed by atoms with Crippen molar-refractivity contribution in [3.8, 4) is 0 Å². The largest absolute Gasteiger partial charge is 0.480 e. The van der Waals surface area contributed by atoms with Gasteiger partial charge in [-0.25, -0.2) is 0 Å². The minimum Gasteiger partial charge on any atom is -0.480 e. The average Bonchev–Trinajstić information content (AvgIpc) is 2.90. The Bertz CT molecular complexity index is 333. The number of hydrogen-bond acceptors (Lipinski definition) is 4. The van der Waals surface area contributed by atoms with Gasteiger partial charge in [-0.05, 0) is 56.7 Å². The molecule has 0 spiro atoms. The van der Waals surface area contributed by atoms with E-state index in [4.69, 9.17) is 4.74 Å². The second kappa shape index (κ2) is 8.39. The van der Waals surface area contributed by atoms with Crippen molar-refractivity contribution >= 4 is 17.7 Å². The van der Waals surface area contributed by atoms with Gasteiger partial charge in [-0.15, -0.1) is 0 Å². The van der Waals surface area contributed by atoms with E-state index >= 15 is 0 Å². The Morgan fingerprint density at radius 1 is 1.38 bits per heavy atom. The SMILES string of the molecule is CCCNC1(C(=O)O)CCCC1CCSC1CCOCC1. The summed E-state index contributed by atoms with van der Waals surface area (Å²) in [5, 5.41) is 13.8. The van der Waals surface area contributed by atoms with Gasteiger partial charge < -0.3 is 15.2 Å². The van der Waals surface area contributed by atoms with E-state index in [9.17, 15) is 9.90 Å². The molecule has 0 amide bonds. The van der Waals surface area contributed by atoms with Crippen molar-refractivity contribution in [3.05, 3.63) is 0 Å². The molecule has 1 aliphatic carbocycles. The van der Waals surface area contributed by atoms with Crippen molar-refractivity contribution in [2.45, 2.75) is 62.7 Å². The zero-order valence-electron chi connectivity index (χ0n) is 13.1. The predicted molar refractivity (Wildman–Crippen MR) is 86.9 cm³/mol. The van der Waals surface area contributed by atoms with Crippen LogP contribution in [0.1, 0.15) is 51.9 Å². The molecule has 0 bridgehead atoms. The number of carboxylic acid groups (broad SMARTS) is 1. The molecule has 0 aromatic heterocycles. The third-order valence-corrected chi connectivity index (χ3v) is 6.30. The fraction of sp³-hybridized carbons (Fsp3) is 0.938. The third-order valence-electron chi connectivity index (χ3n) is 4.88. The zero-order chi connectivity index (χ0) is 15.1. The zero-order valence-corrected chi connectivity index (χ0v) is 13.9. The van der Waals surface area contributed by atoms with Gasteiger partial charge in [-0.2, -0.15) is 11.8 Å². The highest BCUT2D eigenvalue weighted by Gasteiger charge is 2.48. The normalized spacial score (nSPS) is 30.6. The van der Waals surface area contributed by atoms with Gasteiger partial charge in [0.15, 0.2) is 0 Å². The standard InChI is InChI=1S/C16H29NO3S/c1-2-9-17-16(15(18)19)8-3-4-13(16)7-12-21-14-5-10-20-11-6-14/h13-14,17H,2-12H2,1H3,(H,18,19). The van der Waals surface area contributed by atoms with E-state index < -0.39 is 11.5 Å². The number of rotatable bonds is 8. The smallest absolute Gasteiger partial charge is 0.324 e. The summed E-state index contributed by atoms with van der Waals surface area (Å²) in [6.07, 6.45) is 7.17. The lowest BCUT2D eigenvalue weighted by Crippen LogP contribution is -2.55. The van der Waals surface area contributed by atoms with Gasteiger partial charge in [-0.1, -0.05) is 13.3 Å². The van der Waals surface area contributed by atoms with Gasteiger partial charge in [0.1, 0.15) is 5.54 Å². The van der Waals surface area contributed by atoms with E-state index in [-0.39, 0.29) is 5.92 Å². The lowest BCUT2D eigenvalue weighted by molar-refractivity contribution is -0.146. The highest BCUT2D eigenvalue weighted by atomic mass is 32.2. The van der Waals surface area contributed by atoms with Crippen LogP contribution in [0.25, 0.3) is 0 Å². The summed E-state index contributed by atoms with van der Waals surface area (Å²) in [6, 6.07) is 0. The van der Waals surface area contributed by atoms with Crippen molar-refractivity contribution in [1.82, 2.24) is 5.32 Å². The maximum absolute atomic E-state index is 11.8. The molecule has 122 valence electrons. The fourth-order valence-corrected chi connectivity index (χ4v) is 4.91. The van der Waals surface area contributed by atoms with Crippen LogP contribution in [0.3, 0.4) is 0 Å². The highest BCUT2D eigenvalue weighted by molar-refractivity contribution is 7.99. The molecule has 2 N–H and O–H groups in total. The van der Waals surface area contributed by atoms with Crippen molar-refractivity contribution in [1.29, 1.82) is 0 Å². The Hall–Kier alpha value is -0.260. The van der Waals surface area contributed by atoms with Crippen LogP contribution in [-0.4, -0.2) is 47.4 Å². The van der Waals surface area contributed by atoms with E-state index in [1.807, 2.05) is 11.8 Å². The van der Waals surface area contributed by atoms with Gasteiger partial charge in [0.05, 0.1) is 0 Å². The number of aliphatic carboxylic acids is 1. The quantitative estimate of drug-likeness (QED) is 0.721. The topological polar surface area (TPSA) is 58.6 Å². The summed E-state index contributed by atoms with van der Waals surface area (Å²) in [6.45, 7) is 4.67. The molecule has 2 aliphatic rings. The Morgan fingerprint density at radius 2 is 2.14 bits per heavy atom. The van der Waals surface area contributed by atoms with Crippen LogP contribution in [0.2, 0.25) is 0 Å². The molecule has 1 saturated heterocycles. The number of carboxylic acids is 1. The first-order valence-electron chi connectivity index (χ1n) is 8.37. The van der Waals surface area contributed by atoms with Crippen LogP contribution in [0, 0.1) is 5.92 Å². The summed E-state index contributed by atoms with van der Waals surface area (Å²) >= 11 is 2.02. The number of ether oxygens (including phenoxy) is 1. The minimum absolute atomic E-state index is 0.286. The van der Waals surface area contributed by atoms with Gasteiger partial charge in [-0.3, -0.25) is 4.79 Å². The summed E-state index contributed by atoms with van der Waals surface area (Å²) < 4.78 is 5.39. The van der Waals surface area contributed by atoms with E-state index in [2.05, 4.69) is 12.2 Å². The van der Waals surface area contributed by atoms with Crippen molar-refractivity contribution in [2.75, 3.05) is 25.5 Å². The van der Waals surface area contributed by atoms with Crippen molar-refractivity contribution in [3.63, 3.8) is 0 Å². The Morgan fingerprint density at radius 3 is 2.81 bits per heavy atom. The van der Waals surface area contributed by atoms with Crippen LogP contribution in [0.5, 0.6) is 0 Å². The minimum atomic E-state index is -0.660. The molecule has 1 aliphatic heterocycles. The lowest BCUT2D eigenvalue weighted by Gasteiger charge is -2.33. The summed E-state index contributed by atoms with van der Waals surface area (Å²) in [5.41, 5.74) is -0.660. The Labute approximate surface area is 132 Å². The molecule has 5 heteroatoms. The van der Waals surface area contributed by atoms with E-state index in [0.29, 0.717) is 5.25 Å². The Kier molecular flexibility index (Phi) is 6.83. The van der Waals surface area contributed by atoms with E-state index in [1.165, 1.54) is 0 Å². The van der Waals surface area contributed by atoms with E-state index in [0.717, 1.165) is 70.5 Å². The molecule has 21 heavy (non-hydrogen) atoms. The molecular weight excluding hydrogens is 286 g/mol. The first kappa shape index (κ1) is 17.1. The van der Waals surface area contributed by atoms with E-state index in [1.54, 1.807) is 0 Å². The Balaban J connectivity index is 1.83. The number of nitrogens with one attached hydrogen (secondary N) is 1. The number of thioether (sulfide) groups is 1. The van der Waals surface area contributed by atoms with Crippen molar-refractivity contribution in [2.24, 2.45) is 5.92 Å². The summed E-state index contributed by atoms with van der Waals surface area (Å²) in [5.74, 6) is 0.724. The monoisotopic (exact) mass is 315 g/mol. The molecular formula is C16H29NO3S. The first-order valence-corrected chi connectivity index (χ1v) is 9.41. The number of carbonyl (C=O) groups is 1. The molecule has 0 aromatic rings. The van der Waals surface area contributed by atoms with Crippen molar-refractivity contribution < 1.29 is 14.6 Å². The molecule has 2 atom stereocenters. The second-order valence-corrected chi connectivity index (χ2v) is 7.67. The van der Waals surface area contributed by atoms with Crippen LogP contribution in [-0.2, 0) is 9.53 Å². The molecule has 1 saturated carbocycles. The first-order chi connectivity index (χ1) is 10.2. The maximum atomic E-state index is 11.8. The van der Waals surface area contributed by atoms with Gasteiger partial charge in [0.2, 0.25) is 0 Å². The van der Waals surface area contributed by atoms with Gasteiger partial charge in [0, 0.05) is 18.5 Å². The maximum Gasteiger partial charge on any atom is 0.324 e. The number of hydrogen-bond donors (Lipinski definition) is 2. The molecule has 4 nitrogen and oxygen atoms in total. The highest BCUT2D eigenvalue weighted by Crippen LogP contribution is 2.39. The van der Waals surface area contributed by atoms with Gasteiger partial charge >= 0.3 is 5.97 Å². The second-order valence-electron chi connectivity index (χ2n) is 6.26. The van der Waals surface area contributed by atoms with Crippen LogP contribution >= 0.6 is 11.8 Å². The molecule has 2 unspecified atom stereocenters. The van der Waals surface area contributed by atoms with Crippen LogP contribution in [0.4, 0.5) is 0 Å². The average molecular weight is 315 g/mol. The van der Waals surface area contributed by atoms with Crippen LogP contribution < -0.4 is 5.32 Å². The van der Waals surface area contributed by atoms with Crippen LogP contribution in [0.15, 0.2) is 0 Å². The molecule has 2 fully saturated rings. The predicted octanol–water partition coefficient (Wildman–Crippen LogP) is 2.91. The fourth-order valence-electron chi connectivity index (χ4n) is 3.63. The lowest BCUT2D eigenvalue weighted by atomic mass is 9.85. The van der Waals surface area contributed by atoms with Gasteiger partial charge in [0.25, 0.3) is 0 Å². The summed E-state index contributed by atoms with van der Waals surface area (Å²) in [4.78, 5) is 11.8. The summed E-state index contributed by atoms with van der Waals surface area (Å²) in [7, 11) is 0. The molecule has 0 radical (unpaired) electrons. The molecule has 0 aromatic carbocycles. The molecule has 1 heterocycles.